The number of nitrogens with zero attached hydrogens (tertiary/aromatic N) is 5. The number of pyridine rings is 2. The van der Waals surface area contributed by atoms with E-state index in [1.54, 1.807) is 18.6 Å². The van der Waals surface area contributed by atoms with Crippen molar-refractivity contribution < 1.29 is 0 Å². The molecule has 3 rings (SSSR count). The SMILES string of the molecule is CCN(c1ccc2nccnc2n1)C(C)c1cccnc1. The molecule has 0 bridgehead atoms. The Morgan fingerprint density at radius 2 is 1.95 bits per heavy atom. The van der Waals surface area contributed by atoms with Crippen molar-refractivity contribution in [3.05, 3.63) is 54.6 Å². The van der Waals surface area contributed by atoms with Gasteiger partial charge in [0.05, 0.1) is 6.04 Å². The van der Waals surface area contributed by atoms with Gasteiger partial charge in [-0.2, -0.15) is 0 Å². The number of hydrogen-bond acceptors (Lipinski definition) is 5. The van der Waals surface area contributed by atoms with Gasteiger partial charge in [0.2, 0.25) is 0 Å². The molecule has 0 saturated carbocycles. The molecule has 0 N–H and O–H groups in total. The van der Waals surface area contributed by atoms with Crippen LogP contribution < -0.4 is 4.90 Å². The van der Waals surface area contributed by atoms with Crippen LogP contribution in [0.4, 0.5) is 5.82 Å². The number of aromatic nitrogens is 4. The summed E-state index contributed by atoms with van der Waals surface area (Å²) in [6.45, 7) is 5.13. The Labute approximate surface area is 123 Å². The van der Waals surface area contributed by atoms with Crippen molar-refractivity contribution in [2.24, 2.45) is 0 Å². The summed E-state index contributed by atoms with van der Waals surface area (Å²) in [5.41, 5.74) is 2.65. The lowest BCUT2D eigenvalue weighted by Crippen LogP contribution is -2.27. The van der Waals surface area contributed by atoms with Gasteiger partial charge >= 0.3 is 0 Å². The van der Waals surface area contributed by atoms with Gasteiger partial charge in [0.25, 0.3) is 0 Å². The van der Waals surface area contributed by atoms with E-state index in [-0.39, 0.29) is 6.04 Å². The van der Waals surface area contributed by atoms with Crippen molar-refractivity contribution in [1.82, 2.24) is 19.9 Å². The first-order valence-corrected chi connectivity index (χ1v) is 7.04. The van der Waals surface area contributed by atoms with Gasteiger partial charge in [-0.05, 0) is 37.6 Å². The van der Waals surface area contributed by atoms with Crippen LogP contribution >= 0.6 is 0 Å². The molecule has 1 atom stereocenters. The minimum atomic E-state index is 0.199. The summed E-state index contributed by atoms with van der Waals surface area (Å²) in [6.07, 6.45) is 7.03. The Balaban J connectivity index is 1.98. The van der Waals surface area contributed by atoms with Gasteiger partial charge < -0.3 is 4.90 Å². The minimum absolute atomic E-state index is 0.199. The third-order valence-corrected chi connectivity index (χ3v) is 3.59. The van der Waals surface area contributed by atoms with E-state index in [1.807, 2.05) is 24.4 Å². The van der Waals surface area contributed by atoms with E-state index < -0.39 is 0 Å². The monoisotopic (exact) mass is 279 g/mol. The molecule has 5 nitrogen and oxygen atoms in total. The fourth-order valence-corrected chi connectivity index (χ4v) is 2.44. The van der Waals surface area contributed by atoms with Crippen LogP contribution in [-0.4, -0.2) is 26.5 Å². The van der Waals surface area contributed by atoms with Crippen LogP contribution in [0.1, 0.15) is 25.5 Å². The largest absolute Gasteiger partial charge is 0.350 e. The van der Waals surface area contributed by atoms with Crippen molar-refractivity contribution in [1.29, 1.82) is 0 Å². The van der Waals surface area contributed by atoms with Crippen LogP contribution in [0.15, 0.2) is 49.1 Å². The molecule has 0 spiro atoms. The van der Waals surface area contributed by atoms with Crippen LogP contribution in [0.25, 0.3) is 11.2 Å². The smallest absolute Gasteiger partial charge is 0.180 e. The summed E-state index contributed by atoms with van der Waals surface area (Å²) in [7, 11) is 0. The number of hydrogen-bond donors (Lipinski definition) is 0. The first-order valence-electron chi connectivity index (χ1n) is 7.04. The molecule has 0 fully saturated rings. The second-order valence-electron chi connectivity index (χ2n) is 4.82. The first-order chi connectivity index (χ1) is 10.3. The second kappa shape index (κ2) is 5.83. The van der Waals surface area contributed by atoms with E-state index in [2.05, 4.69) is 44.7 Å². The van der Waals surface area contributed by atoms with E-state index in [0.717, 1.165) is 17.9 Å². The predicted molar refractivity (Wildman–Crippen MR) is 83.0 cm³/mol. The lowest BCUT2D eigenvalue weighted by atomic mass is 10.1. The lowest BCUT2D eigenvalue weighted by Gasteiger charge is -2.29. The third kappa shape index (κ3) is 2.67. The maximum absolute atomic E-state index is 4.62. The highest BCUT2D eigenvalue weighted by Crippen LogP contribution is 2.25. The molecule has 0 amide bonds. The summed E-state index contributed by atoms with van der Waals surface area (Å²) in [4.78, 5) is 19.6. The molecule has 0 aliphatic heterocycles. The molecule has 0 aliphatic carbocycles. The molecule has 0 saturated heterocycles. The number of fused-ring (bicyclic) bond motifs is 1. The normalized spacial score (nSPS) is 12.3. The summed E-state index contributed by atoms with van der Waals surface area (Å²) in [5, 5.41) is 0. The molecule has 21 heavy (non-hydrogen) atoms. The Bertz CT molecular complexity index is 729. The van der Waals surface area contributed by atoms with Gasteiger partial charge in [-0.3, -0.25) is 9.97 Å². The van der Waals surface area contributed by atoms with E-state index in [9.17, 15) is 0 Å². The number of rotatable bonds is 4. The fraction of sp³-hybridized carbons (Fsp3) is 0.250. The van der Waals surface area contributed by atoms with E-state index >= 15 is 0 Å². The standard InChI is InChI=1S/C16H17N5/c1-3-21(12(2)13-5-4-8-17-11-13)15-7-6-14-16(20-15)19-10-9-18-14/h4-12H,3H2,1-2H3. The first kappa shape index (κ1) is 13.4. The van der Waals surface area contributed by atoms with Crippen LogP contribution in [-0.2, 0) is 0 Å². The molecule has 0 aliphatic rings. The van der Waals surface area contributed by atoms with Crippen LogP contribution in [0, 0.1) is 0 Å². The fourth-order valence-electron chi connectivity index (χ4n) is 2.44. The average molecular weight is 279 g/mol. The van der Waals surface area contributed by atoms with Crippen molar-refractivity contribution in [3.8, 4) is 0 Å². The molecular formula is C16H17N5. The lowest BCUT2D eigenvalue weighted by molar-refractivity contribution is 0.678. The van der Waals surface area contributed by atoms with Crippen LogP contribution in [0.2, 0.25) is 0 Å². The molecule has 1 unspecified atom stereocenters. The highest BCUT2D eigenvalue weighted by Gasteiger charge is 2.16. The van der Waals surface area contributed by atoms with E-state index in [0.29, 0.717) is 5.65 Å². The molecule has 3 heterocycles. The van der Waals surface area contributed by atoms with Gasteiger partial charge in [-0.1, -0.05) is 6.07 Å². The molecule has 0 radical (unpaired) electrons. The predicted octanol–water partition coefficient (Wildman–Crippen LogP) is 3.01. The maximum Gasteiger partial charge on any atom is 0.180 e. The molecule has 3 aromatic heterocycles. The van der Waals surface area contributed by atoms with Crippen molar-refractivity contribution >= 4 is 17.0 Å². The van der Waals surface area contributed by atoms with Gasteiger partial charge in [-0.15, -0.1) is 0 Å². The van der Waals surface area contributed by atoms with E-state index in [1.165, 1.54) is 5.56 Å². The van der Waals surface area contributed by atoms with Crippen LogP contribution in [0.3, 0.4) is 0 Å². The topological polar surface area (TPSA) is 54.8 Å². The second-order valence-corrected chi connectivity index (χ2v) is 4.82. The Kier molecular flexibility index (Phi) is 3.73. The van der Waals surface area contributed by atoms with Crippen molar-refractivity contribution in [2.75, 3.05) is 11.4 Å². The average Bonchev–Trinajstić information content (AvgIpc) is 2.56. The zero-order chi connectivity index (χ0) is 14.7. The summed E-state index contributed by atoms with van der Waals surface area (Å²) in [6, 6.07) is 8.20. The summed E-state index contributed by atoms with van der Waals surface area (Å²) in [5.74, 6) is 0.904. The molecule has 3 aromatic rings. The zero-order valence-corrected chi connectivity index (χ0v) is 12.1. The summed E-state index contributed by atoms with van der Waals surface area (Å²) >= 11 is 0. The Morgan fingerprint density at radius 3 is 2.71 bits per heavy atom. The minimum Gasteiger partial charge on any atom is -0.350 e. The van der Waals surface area contributed by atoms with E-state index in [4.69, 9.17) is 0 Å². The van der Waals surface area contributed by atoms with Gasteiger partial charge in [-0.25, -0.2) is 9.97 Å². The highest BCUT2D eigenvalue weighted by atomic mass is 15.2. The zero-order valence-electron chi connectivity index (χ0n) is 12.1. The van der Waals surface area contributed by atoms with Gasteiger partial charge in [0.1, 0.15) is 11.3 Å². The molecule has 5 heteroatoms. The number of anilines is 1. The Hall–Kier alpha value is -2.56. The van der Waals surface area contributed by atoms with Crippen LogP contribution in [0.5, 0.6) is 0 Å². The van der Waals surface area contributed by atoms with Crippen molar-refractivity contribution in [3.63, 3.8) is 0 Å². The maximum atomic E-state index is 4.62. The Morgan fingerprint density at radius 1 is 1.10 bits per heavy atom. The van der Waals surface area contributed by atoms with Gasteiger partial charge in [0, 0.05) is 31.3 Å². The quantitative estimate of drug-likeness (QED) is 0.734. The van der Waals surface area contributed by atoms with Gasteiger partial charge in [0.15, 0.2) is 5.65 Å². The third-order valence-electron chi connectivity index (χ3n) is 3.59. The molecular weight excluding hydrogens is 262 g/mol. The summed E-state index contributed by atoms with van der Waals surface area (Å²) < 4.78 is 0. The van der Waals surface area contributed by atoms with Crippen molar-refractivity contribution in [2.45, 2.75) is 19.9 Å². The highest BCUT2D eigenvalue weighted by molar-refractivity contribution is 5.71. The molecule has 0 aromatic carbocycles. The molecule has 106 valence electrons.